The zero-order chi connectivity index (χ0) is 56.4. The molecule has 0 rings (SSSR count). The molecule has 0 aromatic carbocycles. The van der Waals surface area contributed by atoms with E-state index in [9.17, 15) is 24.5 Å². The van der Waals surface area contributed by atoms with Crippen molar-refractivity contribution >= 4 is 13.7 Å². The van der Waals surface area contributed by atoms with Crippen LogP contribution in [0.25, 0.3) is 0 Å². The van der Waals surface area contributed by atoms with Crippen molar-refractivity contribution in [1.29, 1.82) is 0 Å². The number of quaternary nitrogens is 1. The Morgan fingerprint density at radius 1 is 0.481 bits per heavy atom. The number of unbranched alkanes of at least 4 members (excludes halogenated alkanes) is 24. The normalized spacial score (nSPS) is 15.0. The molecule has 1 amide bonds. The van der Waals surface area contributed by atoms with Gasteiger partial charge in [-0.2, -0.15) is 0 Å². The van der Waals surface area contributed by atoms with Gasteiger partial charge in [-0.05, 0) is 83.5 Å². The minimum atomic E-state index is -4.68. The number of carbonyl (C=O) groups is 1. The van der Waals surface area contributed by atoms with Gasteiger partial charge in [-0.25, -0.2) is 0 Å². The summed E-state index contributed by atoms with van der Waals surface area (Å²) in [6.07, 6.45) is 78.8. The van der Waals surface area contributed by atoms with Gasteiger partial charge < -0.3 is 34.0 Å². The van der Waals surface area contributed by atoms with Crippen LogP contribution in [-0.2, 0) is 18.4 Å². The van der Waals surface area contributed by atoms with Gasteiger partial charge in [0.15, 0.2) is 0 Å². The molecule has 77 heavy (non-hydrogen) atoms. The number of carbonyl (C=O) groups excluding carboxylic acids is 1. The van der Waals surface area contributed by atoms with Crippen LogP contribution in [-0.4, -0.2) is 79.8 Å². The van der Waals surface area contributed by atoms with Crippen molar-refractivity contribution in [2.45, 2.75) is 270 Å². The van der Waals surface area contributed by atoms with E-state index >= 15 is 0 Å². The van der Waals surface area contributed by atoms with E-state index in [4.69, 9.17) is 9.05 Å². The zero-order valence-electron chi connectivity index (χ0n) is 50.2. The molecule has 0 aliphatic heterocycles. The Balaban J connectivity index is 4.06. The maximum absolute atomic E-state index is 13.0. The molecule has 0 aromatic rings. The van der Waals surface area contributed by atoms with E-state index in [1.807, 2.05) is 21.1 Å². The number of phosphoric ester groups is 1. The van der Waals surface area contributed by atoms with Gasteiger partial charge >= 0.3 is 0 Å². The maximum atomic E-state index is 13.0. The SMILES string of the molecule is CC/C=C\C/C=C\C/C=C\C/C=C\C/C=C\C/C=C\C/C=C\C/C=C\C/C=C\CCCCCCCCCCCCCCCC(=O)NC(COP(=O)([O-])OCC[N+](C)(C)C)C(O)C(O)CCCCCCCCCCCCCC. The predicted molar refractivity (Wildman–Crippen MR) is 331 cm³/mol. The number of aliphatic hydroxyl groups excluding tert-OH is 2. The van der Waals surface area contributed by atoms with Crippen LogP contribution in [0.4, 0.5) is 0 Å². The van der Waals surface area contributed by atoms with E-state index in [1.54, 1.807) is 0 Å². The van der Waals surface area contributed by atoms with Crippen LogP contribution >= 0.6 is 7.82 Å². The molecule has 0 radical (unpaired) electrons. The number of aliphatic hydroxyl groups is 2. The van der Waals surface area contributed by atoms with Gasteiger partial charge in [-0.1, -0.05) is 271 Å². The van der Waals surface area contributed by atoms with Gasteiger partial charge in [0, 0.05) is 6.42 Å². The molecular weight excluding hydrogens is 976 g/mol. The van der Waals surface area contributed by atoms with Gasteiger partial charge in [0.25, 0.3) is 7.82 Å². The van der Waals surface area contributed by atoms with Crippen LogP contribution in [0.3, 0.4) is 0 Å². The number of rotatable bonds is 56. The first-order valence-corrected chi connectivity index (χ1v) is 32.8. The molecule has 0 aliphatic rings. The third-order valence-corrected chi connectivity index (χ3v) is 14.6. The number of amides is 1. The molecular formula is C67H119N2O7P. The van der Waals surface area contributed by atoms with Crippen molar-refractivity contribution in [2.24, 2.45) is 0 Å². The molecule has 9 nitrogen and oxygen atoms in total. The lowest BCUT2D eigenvalue weighted by atomic mass is 9.99. The summed E-state index contributed by atoms with van der Waals surface area (Å²) in [6, 6.07) is -1.08. The van der Waals surface area contributed by atoms with Crippen molar-refractivity contribution in [1.82, 2.24) is 5.32 Å². The highest BCUT2D eigenvalue weighted by Crippen LogP contribution is 2.38. The summed E-state index contributed by atoms with van der Waals surface area (Å²) in [6.45, 7) is 4.32. The highest BCUT2D eigenvalue weighted by atomic mass is 31.2. The highest BCUT2D eigenvalue weighted by Gasteiger charge is 2.29. The third-order valence-electron chi connectivity index (χ3n) is 13.6. The fraction of sp³-hybridized carbons (Fsp3) is 0.716. The van der Waals surface area contributed by atoms with Crippen molar-refractivity contribution in [3.8, 4) is 0 Å². The first kappa shape index (κ1) is 74.1. The average Bonchev–Trinajstić information content (AvgIpc) is 3.39. The summed E-state index contributed by atoms with van der Waals surface area (Å²) in [4.78, 5) is 25.6. The number of hydrogen-bond donors (Lipinski definition) is 3. The monoisotopic (exact) mass is 1090 g/mol. The number of nitrogens with zero attached hydrogens (tertiary/aromatic N) is 1. The van der Waals surface area contributed by atoms with Gasteiger partial charge in [-0.3, -0.25) is 9.36 Å². The Kier molecular flexibility index (Phi) is 54.3. The van der Waals surface area contributed by atoms with E-state index in [0.29, 0.717) is 23.9 Å². The van der Waals surface area contributed by atoms with Gasteiger partial charge in [0.05, 0.1) is 39.9 Å². The van der Waals surface area contributed by atoms with Crippen molar-refractivity contribution in [3.63, 3.8) is 0 Å². The molecule has 0 saturated carbocycles. The second kappa shape index (κ2) is 56.4. The summed E-state index contributed by atoms with van der Waals surface area (Å²) >= 11 is 0. The lowest BCUT2D eigenvalue weighted by molar-refractivity contribution is -0.870. The van der Waals surface area contributed by atoms with Gasteiger partial charge in [0.2, 0.25) is 5.91 Å². The van der Waals surface area contributed by atoms with Crippen LogP contribution in [0, 0.1) is 0 Å². The standard InChI is InChI=1S/C67H119N2O7P/c1-6-8-10-12-14-16-18-20-21-22-23-24-25-26-27-28-29-30-31-32-33-34-35-36-37-38-39-40-41-42-43-44-45-46-47-48-50-52-54-56-58-60-66(71)68-64(63-76-77(73,74)75-62-61-69(3,4)5)67(72)65(70)59-57-55-53-51-49-19-17-15-13-11-9-7-2/h8,10,14,16,20-21,23-24,26-27,29-30,32-33,35-36,38-39,64-65,67,70,72H,6-7,9,11-13,15,17-19,22,25,28,31,34,37,40-63H2,1-5H3,(H-,68,71,73,74)/b10-8-,16-14-,21-20-,24-23-,27-26-,30-29-,33-32-,36-35-,39-38-. The van der Waals surface area contributed by atoms with Gasteiger partial charge in [0.1, 0.15) is 19.3 Å². The van der Waals surface area contributed by atoms with Crippen molar-refractivity contribution in [2.75, 3.05) is 40.9 Å². The second-order valence-corrected chi connectivity index (χ2v) is 23.6. The van der Waals surface area contributed by atoms with Crippen LogP contribution < -0.4 is 10.2 Å². The second-order valence-electron chi connectivity index (χ2n) is 22.2. The molecule has 0 bridgehead atoms. The Labute approximate surface area is 474 Å². The van der Waals surface area contributed by atoms with E-state index in [2.05, 4.69) is 129 Å². The third kappa shape index (κ3) is 57.6. The lowest BCUT2D eigenvalue weighted by Crippen LogP contribution is -2.51. The zero-order valence-corrected chi connectivity index (χ0v) is 51.1. The highest BCUT2D eigenvalue weighted by molar-refractivity contribution is 7.45. The fourth-order valence-electron chi connectivity index (χ4n) is 8.72. The van der Waals surface area contributed by atoms with Crippen LogP contribution in [0.2, 0.25) is 0 Å². The molecule has 4 atom stereocenters. The summed E-state index contributed by atoms with van der Waals surface area (Å²) in [7, 11) is 1.12. The molecule has 0 aromatic heterocycles. The number of likely N-dealkylation sites (N-methyl/N-ethyl adjacent to an activating group) is 1. The molecule has 0 aliphatic carbocycles. The fourth-order valence-corrected chi connectivity index (χ4v) is 9.44. The van der Waals surface area contributed by atoms with Gasteiger partial charge in [-0.15, -0.1) is 0 Å². The molecule has 0 heterocycles. The molecule has 0 spiro atoms. The van der Waals surface area contributed by atoms with E-state index in [1.165, 1.54) is 122 Å². The topological polar surface area (TPSA) is 128 Å². The average molecular weight is 1100 g/mol. The summed E-state index contributed by atoms with van der Waals surface area (Å²) in [5.74, 6) is -0.283. The van der Waals surface area contributed by atoms with Crippen LogP contribution in [0.15, 0.2) is 109 Å². The Hall–Kier alpha value is -2.88. The smallest absolute Gasteiger partial charge is 0.268 e. The number of hydrogen-bond acceptors (Lipinski definition) is 7. The van der Waals surface area contributed by atoms with Crippen molar-refractivity contribution in [3.05, 3.63) is 109 Å². The molecule has 10 heteroatoms. The number of allylic oxidation sites excluding steroid dienone is 18. The Morgan fingerprint density at radius 3 is 1.19 bits per heavy atom. The summed E-state index contributed by atoms with van der Waals surface area (Å²) in [5.41, 5.74) is 0. The molecule has 0 fully saturated rings. The minimum Gasteiger partial charge on any atom is -0.756 e. The molecule has 4 unspecified atom stereocenters. The van der Waals surface area contributed by atoms with E-state index in [0.717, 1.165) is 96.3 Å². The number of nitrogens with one attached hydrogen (secondary N) is 1. The van der Waals surface area contributed by atoms with E-state index in [-0.39, 0.29) is 18.9 Å². The predicted octanol–water partition coefficient (Wildman–Crippen LogP) is 17.9. The lowest BCUT2D eigenvalue weighted by Gasteiger charge is -2.31. The molecule has 444 valence electrons. The van der Waals surface area contributed by atoms with E-state index < -0.39 is 32.7 Å². The first-order chi connectivity index (χ1) is 37.4. The summed E-state index contributed by atoms with van der Waals surface area (Å²) in [5, 5.41) is 24.8. The molecule has 0 saturated heterocycles. The Morgan fingerprint density at radius 2 is 0.818 bits per heavy atom. The quantitative estimate of drug-likeness (QED) is 0.0239. The Bertz CT molecular complexity index is 1640. The van der Waals surface area contributed by atoms with Crippen molar-refractivity contribution < 1.29 is 38.0 Å². The maximum Gasteiger partial charge on any atom is 0.268 e. The molecule has 3 N–H and O–H groups in total. The van der Waals surface area contributed by atoms with Crippen LogP contribution in [0.1, 0.15) is 251 Å². The minimum absolute atomic E-state index is 0.0443. The largest absolute Gasteiger partial charge is 0.756 e. The number of phosphoric acid groups is 1. The summed E-state index contributed by atoms with van der Waals surface area (Å²) < 4.78 is 23.3. The first-order valence-electron chi connectivity index (χ1n) is 31.3. The van der Waals surface area contributed by atoms with Crippen LogP contribution in [0.5, 0.6) is 0 Å².